The van der Waals surface area contributed by atoms with E-state index < -0.39 is 14.8 Å². The number of hydrogen-bond acceptors (Lipinski definition) is 4. The molecule has 1 rings (SSSR count). The Bertz CT molecular complexity index is 407. The van der Waals surface area contributed by atoms with Crippen LogP contribution in [-0.2, 0) is 19.6 Å². The molecule has 0 aromatic heterocycles. The van der Waals surface area contributed by atoms with Crippen molar-refractivity contribution in [1.82, 2.24) is 4.72 Å². The summed E-state index contributed by atoms with van der Waals surface area (Å²) in [6, 6.07) is -0.351. The van der Waals surface area contributed by atoms with E-state index in [2.05, 4.69) is 4.72 Å². The predicted molar refractivity (Wildman–Crippen MR) is 74.2 cm³/mol. The van der Waals surface area contributed by atoms with Crippen LogP contribution in [-0.4, -0.2) is 31.8 Å². The van der Waals surface area contributed by atoms with Gasteiger partial charge in [-0.05, 0) is 40.0 Å². The second-order valence-electron chi connectivity index (χ2n) is 6.12. The fourth-order valence-electron chi connectivity index (χ4n) is 1.75. The molecule has 1 atom stereocenters. The lowest BCUT2D eigenvalue weighted by Crippen LogP contribution is -2.45. The number of carbonyl (C=O) groups excluding carboxylic acids is 1. The molecule has 0 radical (unpaired) electrons. The number of esters is 1. The summed E-state index contributed by atoms with van der Waals surface area (Å²) in [4.78, 5) is 11.5. The molecular weight excluding hydrogens is 266 g/mol. The highest BCUT2D eigenvalue weighted by Gasteiger charge is 2.34. The van der Waals surface area contributed by atoms with Crippen LogP contribution in [0.25, 0.3) is 0 Å². The van der Waals surface area contributed by atoms with Gasteiger partial charge in [0.05, 0.1) is 17.8 Å². The Balaban J connectivity index is 2.66. The van der Waals surface area contributed by atoms with Crippen molar-refractivity contribution in [2.75, 3.05) is 6.61 Å². The van der Waals surface area contributed by atoms with Gasteiger partial charge in [-0.2, -0.15) is 0 Å². The lowest BCUT2D eigenvalue weighted by atomic mass is 10.1. The number of nitrogens with one attached hydrogen (secondary N) is 1. The van der Waals surface area contributed by atoms with Gasteiger partial charge in [-0.25, -0.2) is 13.1 Å². The van der Waals surface area contributed by atoms with Crippen LogP contribution in [0, 0.1) is 5.92 Å². The molecule has 0 saturated heterocycles. The molecule has 0 aromatic rings. The van der Waals surface area contributed by atoms with Crippen molar-refractivity contribution in [1.29, 1.82) is 0 Å². The summed E-state index contributed by atoms with van der Waals surface area (Å²) in [6.45, 7) is 7.00. The van der Waals surface area contributed by atoms with Gasteiger partial charge in [0, 0.05) is 6.04 Å². The van der Waals surface area contributed by atoms with E-state index >= 15 is 0 Å². The van der Waals surface area contributed by atoms with Crippen LogP contribution >= 0.6 is 0 Å². The zero-order valence-electron chi connectivity index (χ0n) is 12.2. The van der Waals surface area contributed by atoms with E-state index in [4.69, 9.17) is 4.74 Å². The Kier molecular flexibility index (Phi) is 5.38. The molecule has 0 spiro atoms. The van der Waals surface area contributed by atoms with Crippen LogP contribution in [0.1, 0.15) is 53.4 Å². The van der Waals surface area contributed by atoms with E-state index in [0.717, 1.165) is 12.8 Å². The van der Waals surface area contributed by atoms with Crippen molar-refractivity contribution in [3.63, 3.8) is 0 Å². The van der Waals surface area contributed by atoms with Gasteiger partial charge in [-0.15, -0.1) is 0 Å². The summed E-state index contributed by atoms with van der Waals surface area (Å²) in [5.41, 5.74) is 0. The average molecular weight is 291 g/mol. The van der Waals surface area contributed by atoms with Crippen LogP contribution in [0.2, 0.25) is 0 Å². The van der Waals surface area contributed by atoms with Crippen molar-refractivity contribution >= 4 is 16.0 Å². The molecule has 112 valence electrons. The Morgan fingerprint density at radius 1 is 1.37 bits per heavy atom. The SMILES string of the molecule is CCOC(=O)CC(CC1CC1)NS(=O)(=O)C(C)(C)C. The maximum absolute atomic E-state index is 12.1. The predicted octanol–water partition coefficient (Wildman–Crippen LogP) is 1.83. The summed E-state index contributed by atoms with van der Waals surface area (Å²) in [7, 11) is -3.43. The van der Waals surface area contributed by atoms with Crippen LogP contribution in [0.3, 0.4) is 0 Å². The minimum Gasteiger partial charge on any atom is -0.466 e. The standard InChI is InChI=1S/C13H25NO4S/c1-5-18-12(15)9-11(8-10-6-7-10)14-19(16,17)13(2,3)4/h10-11,14H,5-9H2,1-4H3. The first-order valence-electron chi connectivity index (χ1n) is 6.83. The van der Waals surface area contributed by atoms with E-state index in [-0.39, 0.29) is 18.4 Å². The van der Waals surface area contributed by atoms with Crippen molar-refractivity contribution < 1.29 is 17.9 Å². The first-order valence-corrected chi connectivity index (χ1v) is 8.31. The molecule has 1 N–H and O–H groups in total. The second kappa shape index (κ2) is 6.22. The highest BCUT2D eigenvalue weighted by atomic mass is 32.2. The van der Waals surface area contributed by atoms with Crippen LogP contribution in [0.5, 0.6) is 0 Å². The summed E-state index contributed by atoms with van der Waals surface area (Å²) < 4.78 is 31.0. The van der Waals surface area contributed by atoms with E-state index in [1.807, 2.05) is 0 Å². The second-order valence-corrected chi connectivity index (χ2v) is 8.59. The molecule has 0 heterocycles. The van der Waals surface area contributed by atoms with E-state index in [1.165, 1.54) is 0 Å². The Hall–Kier alpha value is -0.620. The largest absolute Gasteiger partial charge is 0.466 e. The van der Waals surface area contributed by atoms with Crippen molar-refractivity contribution in [3.8, 4) is 0 Å². The van der Waals surface area contributed by atoms with Crippen molar-refractivity contribution in [2.24, 2.45) is 5.92 Å². The first-order chi connectivity index (χ1) is 8.65. The molecule has 0 amide bonds. The van der Waals surface area contributed by atoms with Gasteiger partial charge in [0.25, 0.3) is 0 Å². The zero-order chi connectivity index (χ0) is 14.7. The fourth-order valence-corrected chi connectivity index (χ4v) is 2.72. The Labute approximate surface area is 116 Å². The summed E-state index contributed by atoms with van der Waals surface area (Å²) >= 11 is 0. The quantitative estimate of drug-likeness (QED) is 0.726. The number of ether oxygens (including phenoxy) is 1. The molecule has 0 aromatic carbocycles. The summed E-state index contributed by atoms with van der Waals surface area (Å²) in [5.74, 6) is 0.201. The number of sulfonamides is 1. The fraction of sp³-hybridized carbons (Fsp3) is 0.923. The number of carbonyl (C=O) groups is 1. The zero-order valence-corrected chi connectivity index (χ0v) is 13.0. The van der Waals surface area contributed by atoms with Gasteiger partial charge >= 0.3 is 5.97 Å². The maximum Gasteiger partial charge on any atom is 0.307 e. The van der Waals surface area contributed by atoms with Gasteiger partial charge in [-0.3, -0.25) is 4.79 Å². The molecule has 1 fully saturated rings. The normalized spacial score (nSPS) is 18.1. The molecule has 6 heteroatoms. The van der Waals surface area contributed by atoms with Crippen molar-refractivity contribution in [3.05, 3.63) is 0 Å². The first kappa shape index (κ1) is 16.4. The Morgan fingerprint density at radius 3 is 2.37 bits per heavy atom. The van der Waals surface area contributed by atoms with Gasteiger partial charge in [0.1, 0.15) is 0 Å². The molecular formula is C13H25NO4S. The van der Waals surface area contributed by atoms with Gasteiger partial charge in [0.2, 0.25) is 10.0 Å². The van der Waals surface area contributed by atoms with Gasteiger partial charge in [-0.1, -0.05) is 12.8 Å². The molecule has 1 aliphatic rings. The monoisotopic (exact) mass is 291 g/mol. The van der Waals surface area contributed by atoms with E-state index in [9.17, 15) is 13.2 Å². The average Bonchev–Trinajstić information content (AvgIpc) is 2.99. The topological polar surface area (TPSA) is 72.5 Å². The molecule has 5 nitrogen and oxygen atoms in total. The van der Waals surface area contributed by atoms with Crippen molar-refractivity contribution in [2.45, 2.75) is 64.2 Å². The van der Waals surface area contributed by atoms with Crippen LogP contribution in [0.4, 0.5) is 0 Å². The van der Waals surface area contributed by atoms with E-state index in [1.54, 1.807) is 27.7 Å². The molecule has 19 heavy (non-hydrogen) atoms. The summed E-state index contributed by atoms with van der Waals surface area (Å²) in [6.07, 6.45) is 3.07. The molecule has 0 bridgehead atoms. The highest BCUT2D eigenvalue weighted by Crippen LogP contribution is 2.34. The third-order valence-electron chi connectivity index (χ3n) is 3.16. The molecule has 1 aliphatic carbocycles. The Morgan fingerprint density at radius 2 is 1.95 bits per heavy atom. The minimum atomic E-state index is -3.43. The lowest BCUT2D eigenvalue weighted by molar-refractivity contribution is -0.143. The maximum atomic E-state index is 12.1. The molecule has 1 unspecified atom stereocenters. The van der Waals surface area contributed by atoms with Crippen LogP contribution in [0.15, 0.2) is 0 Å². The van der Waals surface area contributed by atoms with E-state index in [0.29, 0.717) is 18.9 Å². The third-order valence-corrected chi connectivity index (χ3v) is 5.42. The summed E-state index contributed by atoms with van der Waals surface area (Å²) in [5, 5.41) is 0. The van der Waals surface area contributed by atoms with Crippen LogP contribution < -0.4 is 4.72 Å². The molecule has 1 saturated carbocycles. The smallest absolute Gasteiger partial charge is 0.307 e. The number of rotatable bonds is 7. The lowest BCUT2D eigenvalue weighted by Gasteiger charge is -2.25. The number of hydrogen-bond donors (Lipinski definition) is 1. The van der Waals surface area contributed by atoms with Gasteiger partial charge in [0.15, 0.2) is 0 Å². The third kappa shape index (κ3) is 5.48. The molecule has 0 aliphatic heterocycles. The highest BCUT2D eigenvalue weighted by molar-refractivity contribution is 7.90. The minimum absolute atomic E-state index is 0.111. The van der Waals surface area contributed by atoms with Gasteiger partial charge < -0.3 is 4.74 Å².